The van der Waals surface area contributed by atoms with Crippen molar-refractivity contribution in [2.75, 3.05) is 5.32 Å². The Morgan fingerprint density at radius 2 is 1.50 bits per heavy atom. The number of hydrogen-bond donors (Lipinski definition) is 2. The van der Waals surface area contributed by atoms with E-state index in [-0.39, 0.29) is 33.2 Å². The molecule has 164 valence electrons. The van der Waals surface area contributed by atoms with Crippen LogP contribution in [-0.2, 0) is 10.0 Å². The van der Waals surface area contributed by atoms with Gasteiger partial charge in [0.1, 0.15) is 4.90 Å². The second kappa shape index (κ2) is 9.08. The number of nitrogens with one attached hydrogen (secondary N) is 2. The maximum Gasteiger partial charge on any atom is 0.255 e. The highest BCUT2D eigenvalue weighted by molar-refractivity contribution is 7.89. The zero-order valence-electron chi connectivity index (χ0n) is 18.6. The number of carbonyl (C=O) groups excluding carboxylic acids is 1. The third-order valence-corrected chi connectivity index (χ3v) is 6.77. The van der Waals surface area contributed by atoms with Crippen LogP contribution in [0.3, 0.4) is 0 Å². The van der Waals surface area contributed by atoms with Gasteiger partial charge >= 0.3 is 0 Å². The lowest BCUT2D eigenvalue weighted by Gasteiger charge is -2.22. The van der Waals surface area contributed by atoms with Gasteiger partial charge in [0.2, 0.25) is 10.0 Å². The minimum absolute atomic E-state index is 0.0637. The molecule has 0 unspecified atom stereocenters. The Morgan fingerprint density at radius 1 is 0.967 bits per heavy atom. The van der Waals surface area contributed by atoms with Gasteiger partial charge in [-0.1, -0.05) is 57.5 Å². The number of hydrogen-bond acceptors (Lipinski definition) is 3. The van der Waals surface area contributed by atoms with Gasteiger partial charge in [-0.05, 0) is 61.9 Å². The highest BCUT2D eigenvalue weighted by atomic mass is 35.5. The van der Waals surface area contributed by atoms with E-state index in [1.54, 1.807) is 20.8 Å². The van der Waals surface area contributed by atoms with Crippen LogP contribution in [0.2, 0.25) is 5.02 Å². The van der Waals surface area contributed by atoms with E-state index in [0.717, 1.165) is 16.8 Å². The van der Waals surface area contributed by atoms with Gasteiger partial charge in [-0.15, -0.1) is 0 Å². The first-order valence-electron chi connectivity index (χ1n) is 10.0. The van der Waals surface area contributed by atoms with E-state index in [1.165, 1.54) is 18.2 Å². The van der Waals surface area contributed by atoms with Crippen LogP contribution in [0.1, 0.15) is 81.8 Å². The van der Waals surface area contributed by atoms with Crippen LogP contribution in [0.5, 0.6) is 0 Å². The monoisotopic (exact) mass is 450 g/mol. The predicted molar refractivity (Wildman–Crippen MR) is 124 cm³/mol. The fourth-order valence-electron chi connectivity index (χ4n) is 3.19. The first kappa shape index (κ1) is 24.4. The first-order chi connectivity index (χ1) is 13.7. The SMILES string of the molecule is CC(C)c1cccc(C(C)C)c1NC(=O)c1ccc(Cl)c(S(=O)(=O)NC(C)(C)C)c1. The lowest BCUT2D eigenvalue weighted by Crippen LogP contribution is -2.40. The Balaban J connectivity index is 2.48. The van der Waals surface area contributed by atoms with Gasteiger partial charge in [0.15, 0.2) is 0 Å². The van der Waals surface area contributed by atoms with Crippen molar-refractivity contribution in [1.82, 2.24) is 4.72 Å². The molecule has 0 fully saturated rings. The molecule has 0 heterocycles. The van der Waals surface area contributed by atoms with Crippen molar-refractivity contribution in [2.45, 2.75) is 70.7 Å². The van der Waals surface area contributed by atoms with Gasteiger partial charge in [-0.3, -0.25) is 4.79 Å². The molecule has 0 aliphatic carbocycles. The Hall–Kier alpha value is -1.89. The summed E-state index contributed by atoms with van der Waals surface area (Å²) < 4.78 is 28.1. The fourth-order valence-corrected chi connectivity index (χ4v) is 5.13. The number of anilines is 1. The summed E-state index contributed by atoms with van der Waals surface area (Å²) in [6.07, 6.45) is 0. The van der Waals surface area contributed by atoms with Gasteiger partial charge in [-0.2, -0.15) is 0 Å². The molecule has 1 amide bonds. The summed E-state index contributed by atoms with van der Waals surface area (Å²) in [6.45, 7) is 13.5. The van der Waals surface area contributed by atoms with Crippen molar-refractivity contribution in [3.05, 3.63) is 58.1 Å². The lowest BCUT2D eigenvalue weighted by molar-refractivity contribution is 0.102. The number of para-hydroxylation sites is 1. The summed E-state index contributed by atoms with van der Waals surface area (Å²) >= 11 is 6.16. The third-order valence-electron chi connectivity index (χ3n) is 4.53. The Morgan fingerprint density at radius 3 is 1.97 bits per heavy atom. The Kier molecular flexibility index (Phi) is 7.38. The van der Waals surface area contributed by atoms with Crippen LogP contribution >= 0.6 is 11.6 Å². The molecule has 2 aromatic carbocycles. The molecule has 0 radical (unpaired) electrons. The average Bonchev–Trinajstić information content (AvgIpc) is 2.59. The molecule has 0 saturated carbocycles. The number of sulfonamides is 1. The number of carbonyl (C=O) groups is 1. The second-order valence-electron chi connectivity index (χ2n) is 9.08. The quantitative estimate of drug-likeness (QED) is 0.573. The molecule has 7 heteroatoms. The average molecular weight is 451 g/mol. The van der Waals surface area contributed by atoms with E-state index >= 15 is 0 Å². The Bertz CT molecular complexity index is 1010. The molecule has 0 bridgehead atoms. The maximum atomic E-state index is 13.1. The molecule has 5 nitrogen and oxygen atoms in total. The summed E-state index contributed by atoms with van der Waals surface area (Å²) in [4.78, 5) is 13.0. The molecule has 0 aliphatic heterocycles. The Labute approximate surface area is 185 Å². The van der Waals surface area contributed by atoms with E-state index in [1.807, 2.05) is 18.2 Å². The normalized spacial score (nSPS) is 12.5. The van der Waals surface area contributed by atoms with E-state index in [4.69, 9.17) is 11.6 Å². The van der Waals surface area contributed by atoms with Gasteiger partial charge in [0, 0.05) is 16.8 Å². The number of benzene rings is 2. The van der Waals surface area contributed by atoms with Crippen molar-refractivity contribution in [3.63, 3.8) is 0 Å². The molecule has 0 aromatic heterocycles. The van der Waals surface area contributed by atoms with Crippen molar-refractivity contribution in [3.8, 4) is 0 Å². The lowest BCUT2D eigenvalue weighted by atomic mass is 9.92. The molecule has 0 atom stereocenters. The summed E-state index contributed by atoms with van der Waals surface area (Å²) in [5.41, 5.74) is 2.39. The van der Waals surface area contributed by atoms with Crippen molar-refractivity contribution < 1.29 is 13.2 Å². The van der Waals surface area contributed by atoms with E-state index in [0.29, 0.717) is 0 Å². The van der Waals surface area contributed by atoms with E-state index < -0.39 is 15.6 Å². The molecule has 2 N–H and O–H groups in total. The van der Waals surface area contributed by atoms with E-state index in [2.05, 4.69) is 37.7 Å². The predicted octanol–water partition coefficient (Wildman–Crippen LogP) is 5.92. The summed E-state index contributed by atoms with van der Waals surface area (Å²) in [6, 6.07) is 10.3. The standard InChI is InChI=1S/C23H31ClN2O3S/c1-14(2)17-9-8-10-18(15(3)4)21(17)25-22(27)16-11-12-19(24)20(13-16)30(28,29)26-23(5,6)7/h8-15,26H,1-7H3,(H,25,27). The van der Waals surface area contributed by atoms with Crippen LogP contribution in [0, 0.1) is 0 Å². The molecular formula is C23H31ClN2O3S. The second-order valence-corrected chi connectivity index (χ2v) is 11.1. The summed E-state index contributed by atoms with van der Waals surface area (Å²) in [5.74, 6) is 0.0566. The molecular weight excluding hydrogens is 420 g/mol. The van der Waals surface area contributed by atoms with Gasteiger partial charge in [-0.25, -0.2) is 13.1 Å². The molecule has 2 rings (SSSR count). The minimum atomic E-state index is -3.88. The zero-order valence-corrected chi connectivity index (χ0v) is 20.2. The van der Waals surface area contributed by atoms with Crippen molar-refractivity contribution in [1.29, 1.82) is 0 Å². The third kappa shape index (κ3) is 5.84. The van der Waals surface area contributed by atoms with Gasteiger partial charge in [0.25, 0.3) is 5.91 Å². The van der Waals surface area contributed by atoms with Crippen LogP contribution in [0.4, 0.5) is 5.69 Å². The molecule has 30 heavy (non-hydrogen) atoms. The number of halogens is 1. The van der Waals surface area contributed by atoms with Crippen LogP contribution in [0.25, 0.3) is 0 Å². The van der Waals surface area contributed by atoms with E-state index in [9.17, 15) is 13.2 Å². The highest BCUT2D eigenvalue weighted by Crippen LogP contribution is 2.33. The van der Waals surface area contributed by atoms with Gasteiger partial charge < -0.3 is 5.32 Å². The largest absolute Gasteiger partial charge is 0.321 e. The first-order valence-corrected chi connectivity index (χ1v) is 11.9. The molecule has 0 saturated heterocycles. The smallest absolute Gasteiger partial charge is 0.255 e. The topological polar surface area (TPSA) is 75.3 Å². The summed E-state index contributed by atoms with van der Waals surface area (Å²) in [7, 11) is -3.88. The van der Waals surface area contributed by atoms with Gasteiger partial charge in [0.05, 0.1) is 5.02 Å². The molecule has 0 aliphatic rings. The van der Waals surface area contributed by atoms with Crippen LogP contribution in [-0.4, -0.2) is 19.9 Å². The maximum absolute atomic E-state index is 13.1. The van der Waals surface area contributed by atoms with Crippen molar-refractivity contribution in [2.24, 2.45) is 0 Å². The minimum Gasteiger partial charge on any atom is -0.321 e. The molecule has 2 aromatic rings. The highest BCUT2D eigenvalue weighted by Gasteiger charge is 2.26. The van der Waals surface area contributed by atoms with Crippen LogP contribution in [0.15, 0.2) is 41.3 Å². The number of amides is 1. The number of rotatable bonds is 6. The fraction of sp³-hybridized carbons (Fsp3) is 0.435. The van der Waals surface area contributed by atoms with Crippen molar-refractivity contribution >= 4 is 33.2 Å². The van der Waals surface area contributed by atoms with Crippen LogP contribution < -0.4 is 10.0 Å². The molecule has 0 spiro atoms. The zero-order chi connectivity index (χ0) is 22.9. The summed E-state index contributed by atoms with van der Waals surface area (Å²) in [5, 5.41) is 3.07.